The molecule has 0 amide bonds. The standard InChI is InChI=1S/C12H20ClN3/c1-4-15-12-5-10(11(13)8-16-12)7-14-6-9(2)3/h5,8-9,14H,4,6-7H2,1-3H3,(H,15,16). The molecule has 0 bridgehead atoms. The zero-order valence-corrected chi connectivity index (χ0v) is 10.9. The monoisotopic (exact) mass is 241 g/mol. The Balaban J connectivity index is 2.59. The summed E-state index contributed by atoms with van der Waals surface area (Å²) in [5, 5.41) is 7.27. The van der Waals surface area contributed by atoms with Gasteiger partial charge in [-0.15, -0.1) is 0 Å². The maximum absolute atomic E-state index is 6.08. The second-order valence-electron chi connectivity index (χ2n) is 4.22. The number of pyridine rings is 1. The third kappa shape index (κ3) is 4.37. The van der Waals surface area contributed by atoms with Crippen LogP contribution in [0.3, 0.4) is 0 Å². The average Bonchev–Trinajstić information content (AvgIpc) is 2.22. The van der Waals surface area contributed by atoms with Gasteiger partial charge in [0.05, 0.1) is 5.02 Å². The summed E-state index contributed by atoms with van der Waals surface area (Å²) >= 11 is 6.08. The van der Waals surface area contributed by atoms with Gasteiger partial charge in [0.15, 0.2) is 0 Å². The largest absolute Gasteiger partial charge is 0.370 e. The summed E-state index contributed by atoms with van der Waals surface area (Å²) in [4.78, 5) is 4.20. The normalized spacial score (nSPS) is 10.8. The lowest BCUT2D eigenvalue weighted by atomic mass is 10.2. The fourth-order valence-electron chi connectivity index (χ4n) is 1.39. The molecule has 90 valence electrons. The Kier molecular flexibility index (Phi) is 5.56. The number of nitrogens with zero attached hydrogens (tertiary/aromatic N) is 1. The summed E-state index contributed by atoms with van der Waals surface area (Å²) < 4.78 is 0. The first-order valence-electron chi connectivity index (χ1n) is 5.72. The van der Waals surface area contributed by atoms with Crippen molar-refractivity contribution >= 4 is 17.4 Å². The average molecular weight is 242 g/mol. The van der Waals surface area contributed by atoms with E-state index in [2.05, 4.69) is 29.5 Å². The fourth-order valence-corrected chi connectivity index (χ4v) is 1.56. The van der Waals surface area contributed by atoms with Crippen LogP contribution in [0.4, 0.5) is 5.82 Å². The molecule has 0 saturated heterocycles. The van der Waals surface area contributed by atoms with Crippen molar-refractivity contribution in [2.75, 3.05) is 18.4 Å². The van der Waals surface area contributed by atoms with Crippen LogP contribution in [0, 0.1) is 5.92 Å². The summed E-state index contributed by atoms with van der Waals surface area (Å²) in [5.74, 6) is 1.53. The Morgan fingerprint density at radius 1 is 1.44 bits per heavy atom. The molecule has 0 aliphatic carbocycles. The van der Waals surface area contributed by atoms with Crippen molar-refractivity contribution < 1.29 is 0 Å². The Morgan fingerprint density at radius 3 is 2.81 bits per heavy atom. The third-order valence-electron chi connectivity index (χ3n) is 2.16. The second-order valence-corrected chi connectivity index (χ2v) is 4.62. The van der Waals surface area contributed by atoms with E-state index in [1.54, 1.807) is 6.20 Å². The maximum Gasteiger partial charge on any atom is 0.126 e. The van der Waals surface area contributed by atoms with Crippen LogP contribution in [-0.2, 0) is 6.54 Å². The lowest BCUT2D eigenvalue weighted by molar-refractivity contribution is 0.552. The van der Waals surface area contributed by atoms with Crippen LogP contribution in [0.1, 0.15) is 26.3 Å². The van der Waals surface area contributed by atoms with E-state index >= 15 is 0 Å². The molecule has 16 heavy (non-hydrogen) atoms. The number of rotatable bonds is 6. The van der Waals surface area contributed by atoms with Gasteiger partial charge in [-0.3, -0.25) is 0 Å². The van der Waals surface area contributed by atoms with Crippen molar-refractivity contribution in [2.45, 2.75) is 27.3 Å². The summed E-state index contributed by atoms with van der Waals surface area (Å²) in [6.07, 6.45) is 1.70. The van der Waals surface area contributed by atoms with E-state index in [9.17, 15) is 0 Å². The summed E-state index contributed by atoms with van der Waals surface area (Å²) in [6, 6.07) is 2.00. The van der Waals surface area contributed by atoms with Gasteiger partial charge in [-0.25, -0.2) is 4.98 Å². The minimum Gasteiger partial charge on any atom is -0.370 e. The second kappa shape index (κ2) is 6.71. The molecule has 2 N–H and O–H groups in total. The Hall–Kier alpha value is -0.800. The molecule has 0 aliphatic heterocycles. The molecule has 0 spiro atoms. The first-order valence-corrected chi connectivity index (χ1v) is 6.10. The SMILES string of the molecule is CCNc1cc(CNCC(C)C)c(Cl)cn1. The van der Waals surface area contributed by atoms with Gasteiger partial charge in [0.1, 0.15) is 5.82 Å². The highest BCUT2D eigenvalue weighted by atomic mass is 35.5. The highest BCUT2D eigenvalue weighted by molar-refractivity contribution is 6.31. The number of hydrogen-bond donors (Lipinski definition) is 2. The predicted molar refractivity (Wildman–Crippen MR) is 70.0 cm³/mol. The van der Waals surface area contributed by atoms with Crippen LogP contribution in [-0.4, -0.2) is 18.1 Å². The molecule has 1 aromatic rings. The molecule has 0 unspecified atom stereocenters. The predicted octanol–water partition coefficient (Wildman–Crippen LogP) is 2.91. The van der Waals surface area contributed by atoms with Gasteiger partial charge in [0.2, 0.25) is 0 Å². The van der Waals surface area contributed by atoms with Crippen molar-refractivity contribution in [1.82, 2.24) is 10.3 Å². The van der Waals surface area contributed by atoms with Crippen LogP contribution in [0.2, 0.25) is 5.02 Å². The van der Waals surface area contributed by atoms with E-state index < -0.39 is 0 Å². The van der Waals surface area contributed by atoms with Gasteiger partial charge in [0.25, 0.3) is 0 Å². The van der Waals surface area contributed by atoms with Gasteiger partial charge in [-0.05, 0) is 31.0 Å². The molecule has 0 aromatic carbocycles. The minimum atomic E-state index is 0.647. The zero-order chi connectivity index (χ0) is 12.0. The molecule has 0 fully saturated rings. The van der Waals surface area contributed by atoms with Crippen molar-refractivity contribution in [3.8, 4) is 0 Å². The van der Waals surface area contributed by atoms with Crippen molar-refractivity contribution in [2.24, 2.45) is 5.92 Å². The zero-order valence-electron chi connectivity index (χ0n) is 10.2. The molecule has 4 heteroatoms. The first kappa shape index (κ1) is 13.3. The van der Waals surface area contributed by atoms with E-state index in [4.69, 9.17) is 11.6 Å². The van der Waals surface area contributed by atoms with Crippen LogP contribution < -0.4 is 10.6 Å². The van der Waals surface area contributed by atoms with E-state index in [1.807, 2.05) is 13.0 Å². The number of nitrogens with one attached hydrogen (secondary N) is 2. The molecular weight excluding hydrogens is 222 g/mol. The third-order valence-corrected chi connectivity index (χ3v) is 2.50. The highest BCUT2D eigenvalue weighted by Crippen LogP contribution is 2.17. The Bertz CT molecular complexity index is 326. The lowest BCUT2D eigenvalue weighted by Crippen LogP contribution is -2.19. The summed E-state index contributed by atoms with van der Waals surface area (Å²) in [6.45, 7) is 9.07. The number of hydrogen-bond acceptors (Lipinski definition) is 3. The fraction of sp³-hybridized carbons (Fsp3) is 0.583. The highest BCUT2D eigenvalue weighted by Gasteiger charge is 2.03. The quantitative estimate of drug-likeness (QED) is 0.804. The molecule has 3 nitrogen and oxygen atoms in total. The van der Waals surface area contributed by atoms with Crippen LogP contribution in [0.5, 0.6) is 0 Å². The number of aromatic nitrogens is 1. The van der Waals surface area contributed by atoms with Crippen molar-refractivity contribution in [3.05, 3.63) is 22.8 Å². The van der Waals surface area contributed by atoms with Gasteiger partial charge in [-0.2, -0.15) is 0 Å². The molecule has 0 saturated carbocycles. The first-order chi connectivity index (χ1) is 7.63. The van der Waals surface area contributed by atoms with E-state index in [0.717, 1.165) is 36.0 Å². The van der Waals surface area contributed by atoms with Crippen LogP contribution >= 0.6 is 11.6 Å². The summed E-state index contributed by atoms with van der Waals surface area (Å²) in [5.41, 5.74) is 1.09. The van der Waals surface area contributed by atoms with Crippen LogP contribution in [0.15, 0.2) is 12.3 Å². The molecule has 0 atom stereocenters. The molecule has 0 radical (unpaired) electrons. The summed E-state index contributed by atoms with van der Waals surface area (Å²) in [7, 11) is 0. The van der Waals surface area contributed by atoms with Crippen molar-refractivity contribution in [1.29, 1.82) is 0 Å². The van der Waals surface area contributed by atoms with Crippen LogP contribution in [0.25, 0.3) is 0 Å². The van der Waals surface area contributed by atoms with E-state index in [0.29, 0.717) is 5.92 Å². The molecular formula is C12H20ClN3. The Labute approximate surface area is 103 Å². The topological polar surface area (TPSA) is 37.0 Å². The van der Waals surface area contributed by atoms with E-state index in [-0.39, 0.29) is 0 Å². The molecule has 1 aromatic heterocycles. The molecule has 0 aliphatic rings. The smallest absolute Gasteiger partial charge is 0.126 e. The molecule has 1 rings (SSSR count). The van der Waals surface area contributed by atoms with Gasteiger partial charge in [-0.1, -0.05) is 25.4 Å². The number of anilines is 1. The maximum atomic E-state index is 6.08. The molecule has 1 heterocycles. The van der Waals surface area contributed by atoms with Crippen molar-refractivity contribution in [3.63, 3.8) is 0 Å². The Morgan fingerprint density at radius 2 is 2.19 bits per heavy atom. The van der Waals surface area contributed by atoms with E-state index in [1.165, 1.54) is 0 Å². The van der Waals surface area contributed by atoms with Gasteiger partial charge in [0, 0.05) is 19.3 Å². The number of halogens is 1. The lowest BCUT2D eigenvalue weighted by Gasteiger charge is -2.10. The van der Waals surface area contributed by atoms with Gasteiger partial charge >= 0.3 is 0 Å². The minimum absolute atomic E-state index is 0.647. The van der Waals surface area contributed by atoms with Gasteiger partial charge < -0.3 is 10.6 Å².